The summed E-state index contributed by atoms with van der Waals surface area (Å²) in [7, 11) is 0. The van der Waals surface area contributed by atoms with Crippen molar-refractivity contribution in [3.8, 4) is 0 Å². The van der Waals surface area contributed by atoms with Crippen molar-refractivity contribution in [1.82, 2.24) is 10.3 Å². The third-order valence-corrected chi connectivity index (χ3v) is 5.63. The number of aromatic nitrogens is 1. The zero-order valence-corrected chi connectivity index (χ0v) is 17.0. The van der Waals surface area contributed by atoms with Crippen LogP contribution in [-0.4, -0.2) is 35.8 Å². The maximum absolute atomic E-state index is 12.4. The molecule has 156 valence electrons. The fourth-order valence-electron chi connectivity index (χ4n) is 3.92. The summed E-state index contributed by atoms with van der Waals surface area (Å²) >= 11 is 0. The average Bonchev–Trinajstić information content (AvgIpc) is 2.97. The first-order chi connectivity index (χ1) is 14.6. The maximum atomic E-state index is 12.4. The van der Waals surface area contributed by atoms with E-state index in [9.17, 15) is 14.4 Å². The van der Waals surface area contributed by atoms with Gasteiger partial charge in [0.15, 0.2) is 0 Å². The Hall–Kier alpha value is -3.22. The number of amides is 3. The molecular weight excluding hydrogens is 380 g/mol. The lowest BCUT2D eigenvalue weighted by Gasteiger charge is -2.21. The second-order valence-corrected chi connectivity index (χ2v) is 7.78. The van der Waals surface area contributed by atoms with Gasteiger partial charge in [0.25, 0.3) is 5.91 Å². The van der Waals surface area contributed by atoms with E-state index in [0.29, 0.717) is 17.8 Å². The number of nitrogens with zero attached hydrogens (tertiary/aromatic N) is 3. The van der Waals surface area contributed by atoms with E-state index in [0.717, 1.165) is 24.5 Å². The quantitative estimate of drug-likeness (QED) is 0.772. The Bertz CT molecular complexity index is 900. The summed E-state index contributed by atoms with van der Waals surface area (Å²) in [4.78, 5) is 44.2. The number of nitrogens with one attached hydrogen (secondary N) is 1. The standard InChI is InChI=1S/C23H26N4O3/c28-21-11-12-22(29)27(21)19-8-6-18(7-9-19)23(30)25-16-17-5-10-20(24-15-17)26-13-3-1-2-4-14-26/h5-10,15H,1-4,11-14,16H2,(H,25,30). The summed E-state index contributed by atoms with van der Waals surface area (Å²) < 4.78 is 0. The summed E-state index contributed by atoms with van der Waals surface area (Å²) in [6, 6.07) is 10.5. The molecule has 7 heteroatoms. The molecule has 0 saturated carbocycles. The highest BCUT2D eigenvalue weighted by atomic mass is 16.2. The van der Waals surface area contributed by atoms with Gasteiger partial charge in [-0.3, -0.25) is 19.3 Å². The Kier molecular flexibility index (Phi) is 6.07. The molecule has 2 aliphatic heterocycles. The molecule has 0 unspecified atom stereocenters. The summed E-state index contributed by atoms with van der Waals surface area (Å²) in [5.74, 6) is 0.382. The van der Waals surface area contributed by atoms with Gasteiger partial charge < -0.3 is 10.2 Å². The summed E-state index contributed by atoms with van der Waals surface area (Å²) in [5, 5.41) is 2.89. The lowest BCUT2D eigenvalue weighted by atomic mass is 10.1. The van der Waals surface area contributed by atoms with Crippen molar-refractivity contribution in [3.05, 3.63) is 53.7 Å². The molecule has 2 aromatic rings. The van der Waals surface area contributed by atoms with Crippen LogP contribution in [0.25, 0.3) is 0 Å². The fourth-order valence-corrected chi connectivity index (χ4v) is 3.92. The largest absolute Gasteiger partial charge is 0.357 e. The minimum Gasteiger partial charge on any atom is -0.357 e. The van der Waals surface area contributed by atoms with Crippen LogP contribution in [0.3, 0.4) is 0 Å². The Morgan fingerprint density at radius 3 is 2.17 bits per heavy atom. The molecule has 30 heavy (non-hydrogen) atoms. The molecular formula is C23H26N4O3. The first-order valence-electron chi connectivity index (χ1n) is 10.6. The van der Waals surface area contributed by atoms with E-state index < -0.39 is 0 Å². The van der Waals surface area contributed by atoms with E-state index in [-0.39, 0.29) is 30.6 Å². The van der Waals surface area contributed by atoms with Crippen molar-refractivity contribution in [2.24, 2.45) is 0 Å². The van der Waals surface area contributed by atoms with Crippen molar-refractivity contribution in [1.29, 1.82) is 0 Å². The van der Waals surface area contributed by atoms with Gasteiger partial charge in [-0.2, -0.15) is 0 Å². The predicted molar refractivity (Wildman–Crippen MR) is 114 cm³/mol. The molecule has 4 rings (SSSR count). The monoisotopic (exact) mass is 406 g/mol. The number of anilines is 2. The zero-order chi connectivity index (χ0) is 20.9. The molecule has 1 aromatic carbocycles. The first-order valence-corrected chi connectivity index (χ1v) is 10.6. The van der Waals surface area contributed by atoms with E-state index in [2.05, 4.69) is 15.2 Å². The Labute approximate surface area is 176 Å². The van der Waals surface area contributed by atoms with E-state index in [1.807, 2.05) is 18.3 Å². The summed E-state index contributed by atoms with van der Waals surface area (Å²) in [6.07, 6.45) is 7.28. The Morgan fingerprint density at radius 1 is 0.900 bits per heavy atom. The molecule has 0 radical (unpaired) electrons. The van der Waals surface area contributed by atoms with Crippen molar-refractivity contribution >= 4 is 29.2 Å². The van der Waals surface area contributed by atoms with Gasteiger partial charge in [0.05, 0.1) is 5.69 Å². The number of rotatable bonds is 5. The second-order valence-electron chi connectivity index (χ2n) is 7.78. The van der Waals surface area contributed by atoms with Gasteiger partial charge in [-0.15, -0.1) is 0 Å². The predicted octanol–water partition coefficient (Wildman–Crippen LogP) is 3.05. The number of carbonyl (C=O) groups excluding carboxylic acids is 3. The summed E-state index contributed by atoms with van der Waals surface area (Å²) in [5.41, 5.74) is 1.92. The minimum absolute atomic E-state index is 0.201. The second kappa shape index (κ2) is 9.07. The molecule has 2 saturated heterocycles. The van der Waals surface area contributed by atoms with E-state index in [4.69, 9.17) is 0 Å². The summed E-state index contributed by atoms with van der Waals surface area (Å²) in [6.45, 7) is 2.48. The molecule has 0 aliphatic carbocycles. The van der Waals surface area contributed by atoms with Crippen LogP contribution < -0.4 is 15.1 Å². The maximum Gasteiger partial charge on any atom is 0.251 e. The molecule has 7 nitrogen and oxygen atoms in total. The van der Waals surface area contributed by atoms with Crippen LogP contribution in [0.2, 0.25) is 0 Å². The molecule has 2 fully saturated rings. The van der Waals surface area contributed by atoms with Crippen LogP contribution in [0, 0.1) is 0 Å². The number of imide groups is 1. The number of pyridine rings is 1. The lowest BCUT2D eigenvalue weighted by Crippen LogP contribution is -2.28. The molecule has 0 bridgehead atoms. The highest BCUT2D eigenvalue weighted by Crippen LogP contribution is 2.23. The van der Waals surface area contributed by atoms with E-state index >= 15 is 0 Å². The molecule has 3 amide bonds. The number of benzene rings is 1. The topological polar surface area (TPSA) is 82.6 Å². The molecule has 1 aromatic heterocycles. The molecule has 1 N–H and O–H groups in total. The van der Waals surface area contributed by atoms with Gasteiger partial charge in [0.2, 0.25) is 11.8 Å². The first kappa shape index (κ1) is 20.1. The molecule has 0 spiro atoms. The van der Waals surface area contributed by atoms with Crippen LogP contribution in [0.4, 0.5) is 11.5 Å². The van der Waals surface area contributed by atoms with Gasteiger partial charge in [-0.05, 0) is 48.7 Å². The van der Waals surface area contributed by atoms with Gasteiger partial charge in [0.1, 0.15) is 5.82 Å². The lowest BCUT2D eigenvalue weighted by molar-refractivity contribution is -0.121. The van der Waals surface area contributed by atoms with Crippen LogP contribution in [0.5, 0.6) is 0 Å². The minimum atomic E-state index is -0.211. The van der Waals surface area contributed by atoms with Gasteiger partial charge in [-0.25, -0.2) is 4.98 Å². The average molecular weight is 406 g/mol. The number of carbonyl (C=O) groups is 3. The van der Waals surface area contributed by atoms with Crippen molar-refractivity contribution in [2.75, 3.05) is 22.9 Å². The molecule has 0 atom stereocenters. The Balaban J connectivity index is 1.33. The number of hydrogen-bond donors (Lipinski definition) is 1. The van der Waals surface area contributed by atoms with Crippen molar-refractivity contribution in [2.45, 2.75) is 45.1 Å². The highest BCUT2D eigenvalue weighted by molar-refractivity contribution is 6.19. The van der Waals surface area contributed by atoms with Crippen molar-refractivity contribution < 1.29 is 14.4 Å². The zero-order valence-electron chi connectivity index (χ0n) is 17.0. The van der Waals surface area contributed by atoms with Gasteiger partial charge >= 0.3 is 0 Å². The third kappa shape index (κ3) is 4.50. The molecule has 2 aliphatic rings. The highest BCUT2D eigenvalue weighted by Gasteiger charge is 2.30. The SMILES string of the molecule is O=C(NCc1ccc(N2CCCCCC2)nc1)c1ccc(N2C(=O)CCC2=O)cc1. The van der Waals surface area contributed by atoms with E-state index in [1.54, 1.807) is 24.3 Å². The van der Waals surface area contributed by atoms with Crippen molar-refractivity contribution in [3.63, 3.8) is 0 Å². The Morgan fingerprint density at radius 2 is 1.57 bits per heavy atom. The normalized spacial score (nSPS) is 17.2. The number of hydrogen-bond acceptors (Lipinski definition) is 5. The molecule has 3 heterocycles. The fraction of sp³-hybridized carbons (Fsp3) is 0.391. The van der Waals surface area contributed by atoms with Crippen LogP contribution in [0.15, 0.2) is 42.6 Å². The van der Waals surface area contributed by atoms with Gasteiger partial charge in [0, 0.05) is 44.2 Å². The smallest absolute Gasteiger partial charge is 0.251 e. The van der Waals surface area contributed by atoms with E-state index in [1.165, 1.54) is 30.6 Å². The van der Waals surface area contributed by atoms with Crippen LogP contribution in [0.1, 0.15) is 54.4 Å². The van der Waals surface area contributed by atoms with Crippen LogP contribution >= 0.6 is 0 Å². The van der Waals surface area contributed by atoms with Gasteiger partial charge in [-0.1, -0.05) is 18.9 Å². The van der Waals surface area contributed by atoms with Crippen LogP contribution in [-0.2, 0) is 16.1 Å². The third-order valence-electron chi connectivity index (χ3n) is 5.63.